The van der Waals surface area contributed by atoms with Crippen molar-refractivity contribution in [2.45, 2.75) is 18.9 Å². The van der Waals surface area contributed by atoms with Gasteiger partial charge in [0.1, 0.15) is 11.6 Å². The Morgan fingerprint density at radius 2 is 1.53 bits per heavy atom. The number of nitrogens with zero attached hydrogens (tertiary/aromatic N) is 2. The average molecular weight is 406 g/mol. The Morgan fingerprint density at radius 3 is 2.10 bits per heavy atom. The van der Waals surface area contributed by atoms with Crippen LogP contribution in [0.25, 0.3) is 11.1 Å². The van der Waals surface area contributed by atoms with Gasteiger partial charge >= 0.3 is 6.09 Å². The average Bonchev–Trinajstić information content (AvgIpc) is 3.23. The summed E-state index contributed by atoms with van der Waals surface area (Å²) in [5.41, 5.74) is 3.99. The first-order valence-corrected chi connectivity index (χ1v) is 9.62. The first kappa shape index (κ1) is 19.8. The molecule has 1 heterocycles. The van der Waals surface area contributed by atoms with Crippen molar-refractivity contribution in [3.63, 3.8) is 0 Å². The van der Waals surface area contributed by atoms with E-state index >= 15 is 0 Å². The van der Waals surface area contributed by atoms with Crippen LogP contribution in [0.1, 0.15) is 30.0 Å². The zero-order chi connectivity index (χ0) is 21.3. The Balaban J connectivity index is 1.53. The molecule has 1 N–H and O–H groups in total. The second kappa shape index (κ2) is 8.06. The number of aliphatic imine (C=N–C) groups is 1. The van der Waals surface area contributed by atoms with E-state index in [2.05, 4.69) is 4.99 Å². The quantitative estimate of drug-likeness (QED) is 0.572. The van der Waals surface area contributed by atoms with Gasteiger partial charge in [-0.25, -0.2) is 13.6 Å². The number of carboxylic acid groups (broad SMARTS) is 1. The monoisotopic (exact) mass is 406 g/mol. The molecule has 1 atom stereocenters. The van der Waals surface area contributed by atoms with Crippen molar-refractivity contribution in [2.24, 2.45) is 4.99 Å². The summed E-state index contributed by atoms with van der Waals surface area (Å²) in [5, 5.41) is 9.05. The fourth-order valence-corrected chi connectivity index (χ4v) is 3.68. The predicted octanol–water partition coefficient (Wildman–Crippen LogP) is 6.07. The molecule has 0 saturated carbocycles. The number of anilines is 1. The molecule has 4 nitrogen and oxygen atoms in total. The van der Waals surface area contributed by atoms with Gasteiger partial charge in [0.15, 0.2) is 0 Å². The number of amides is 1. The second-order valence-corrected chi connectivity index (χ2v) is 7.24. The Morgan fingerprint density at radius 1 is 0.967 bits per heavy atom. The van der Waals surface area contributed by atoms with Crippen LogP contribution in [0.2, 0.25) is 0 Å². The van der Waals surface area contributed by atoms with E-state index in [1.54, 1.807) is 12.1 Å². The number of hydrogen-bond donors (Lipinski definition) is 1. The number of hydrogen-bond acceptors (Lipinski definition) is 2. The minimum Gasteiger partial charge on any atom is -0.465 e. The van der Waals surface area contributed by atoms with Crippen molar-refractivity contribution in [3.8, 4) is 11.1 Å². The molecule has 3 aromatic rings. The van der Waals surface area contributed by atoms with Gasteiger partial charge < -0.3 is 5.11 Å². The molecule has 0 saturated heterocycles. The molecule has 0 radical (unpaired) electrons. The summed E-state index contributed by atoms with van der Waals surface area (Å²) >= 11 is 0. The third kappa shape index (κ3) is 3.81. The van der Waals surface area contributed by atoms with Crippen LogP contribution in [0.5, 0.6) is 0 Å². The van der Waals surface area contributed by atoms with Crippen molar-refractivity contribution < 1.29 is 18.7 Å². The zero-order valence-electron chi connectivity index (χ0n) is 16.3. The molecule has 0 fully saturated rings. The lowest BCUT2D eigenvalue weighted by Crippen LogP contribution is -2.23. The highest BCUT2D eigenvalue weighted by Gasteiger charge is 2.24. The molecule has 1 amide bonds. The molecule has 4 rings (SSSR count). The van der Waals surface area contributed by atoms with Gasteiger partial charge in [0.05, 0.1) is 11.6 Å². The van der Waals surface area contributed by atoms with Gasteiger partial charge in [0, 0.05) is 18.4 Å². The maximum atomic E-state index is 14.0. The third-order valence-electron chi connectivity index (χ3n) is 5.39. The Kier molecular flexibility index (Phi) is 5.31. The lowest BCUT2D eigenvalue weighted by atomic mass is 9.99. The van der Waals surface area contributed by atoms with Gasteiger partial charge in [0.25, 0.3) is 0 Å². The van der Waals surface area contributed by atoms with Crippen LogP contribution in [0.3, 0.4) is 0 Å². The highest BCUT2D eigenvalue weighted by atomic mass is 19.1. The SMILES string of the molecule is CN(C(=O)O)c1ccc(-c2ccc(C3CCC(c4c(F)cccc4F)=N3)cc2)cc1. The van der Waals surface area contributed by atoms with Crippen molar-refractivity contribution in [3.05, 3.63) is 89.5 Å². The maximum Gasteiger partial charge on any atom is 0.411 e. The van der Waals surface area contributed by atoms with E-state index in [4.69, 9.17) is 5.11 Å². The standard InChI is InChI=1S/C24H20F2N2O2/c1-28(24(29)30)18-11-9-16(10-12-18)15-5-7-17(8-6-15)21-13-14-22(27-21)23-19(25)3-2-4-20(23)26/h2-12,21H,13-14H2,1H3,(H,29,30). The summed E-state index contributed by atoms with van der Waals surface area (Å²) in [6, 6.07) is 18.9. The Labute approximate surface area is 173 Å². The van der Waals surface area contributed by atoms with Gasteiger partial charge in [0.2, 0.25) is 0 Å². The highest BCUT2D eigenvalue weighted by Crippen LogP contribution is 2.33. The summed E-state index contributed by atoms with van der Waals surface area (Å²) in [7, 11) is 1.50. The van der Waals surface area contributed by atoms with Crippen LogP contribution in [-0.2, 0) is 0 Å². The summed E-state index contributed by atoms with van der Waals surface area (Å²) < 4.78 is 28.1. The van der Waals surface area contributed by atoms with E-state index in [1.807, 2.05) is 36.4 Å². The fraction of sp³-hybridized carbons (Fsp3) is 0.167. The van der Waals surface area contributed by atoms with Gasteiger partial charge in [-0.15, -0.1) is 0 Å². The Bertz CT molecular complexity index is 1090. The molecule has 0 spiro atoms. The molecule has 6 heteroatoms. The normalized spacial score (nSPS) is 15.7. The minimum atomic E-state index is -1.01. The van der Waals surface area contributed by atoms with E-state index in [0.717, 1.165) is 21.6 Å². The van der Waals surface area contributed by atoms with Crippen LogP contribution < -0.4 is 4.90 Å². The van der Waals surface area contributed by atoms with Crippen molar-refractivity contribution in [2.75, 3.05) is 11.9 Å². The van der Waals surface area contributed by atoms with Gasteiger partial charge in [-0.1, -0.05) is 42.5 Å². The number of rotatable bonds is 4. The molecule has 30 heavy (non-hydrogen) atoms. The molecule has 0 bridgehead atoms. The van der Waals surface area contributed by atoms with Gasteiger partial charge in [-0.2, -0.15) is 0 Å². The summed E-state index contributed by atoms with van der Waals surface area (Å²) in [4.78, 5) is 16.8. The van der Waals surface area contributed by atoms with Crippen LogP contribution in [-0.4, -0.2) is 24.0 Å². The Hall–Kier alpha value is -3.54. The van der Waals surface area contributed by atoms with Crippen LogP contribution in [0.15, 0.2) is 71.7 Å². The molecular weight excluding hydrogens is 386 g/mol. The van der Waals surface area contributed by atoms with Crippen molar-refractivity contribution in [1.29, 1.82) is 0 Å². The second-order valence-electron chi connectivity index (χ2n) is 7.24. The third-order valence-corrected chi connectivity index (χ3v) is 5.39. The molecule has 0 aliphatic carbocycles. The lowest BCUT2D eigenvalue weighted by molar-refractivity contribution is 0.203. The molecule has 1 aliphatic rings. The van der Waals surface area contributed by atoms with Crippen LogP contribution in [0, 0.1) is 11.6 Å². The minimum absolute atomic E-state index is 0.0250. The number of halogens is 2. The molecule has 1 aliphatic heterocycles. The molecule has 3 aromatic carbocycles. The van der Waals surface area contributed by atoms with E-state index in [9.17, 15) is 13.6 Å². The maximum absolute atomic E-state index is 14.0. The molecule has 0 aromatic heterocycles. The topological polar surface area (TPSA) is 52.9 Å². The highest BCUT2D eigenvalue weighted by molar-refractivity contribution is 6.02. The fourth-order valence-electron chi connectivity index (χ4n) is 3.68. The zero-order valence-corrected chi connectivity index (χ0v) is 16.3. The van der Waals surface area contributed by atoms with Crippen LogP contribution >= 0.6 is 0 Å². The first-order valence-electron chi connectivity index (χ1n) is 9.62. The molecular formula is C24H20F2N2O2. The summed E-state index contributed by atoms with van der Waals surface area (Å²) in [6.07, 6.45) is 0.223. The van der Waals surface area contributed by atoms with Crippen molar-refractivity contribution in [1.82, 2.24) is 0 Å². The van der Waals surface area contributed by atoms with E-state index in [1.165, 1.54) is 25.2 Å². The van der Waals surface area contributed by atoms with E-state index in [-0.39, 0.29) is 11.6 Å². The van der Waals surface area contributed by atoms with E-state index < -0.39 is 17.7 Å². The van der Waals surface area contributed by atoms with Crippen molar-refractivity contribution >= 4 is 17.5 Å². The smallest absolute Gasteiger partial charge is 0.411 e. The summed E-state index contributed by atoms with van der Waals surface area (Å²) in [6.45, 7) is 0. The van der Waals surface area contributed by atoms with E-state index in [0.29, 0.717) is 24.2 Å². The largest absolute Gasteiger partial charge is 0.465 e. The lowest BCUT2D eigenvalue weighted by Gasteiger charge is -2.13. The summed E-state index contributed by atoms with van der Waals surface area (Å²) in [5.74, 6) is -1.16. The predicted molar refractivity (Wildman–Crippen MR) is 113 cm³/mol. The molecule has 1 unspecified atom stereocenters. The molecule has 152 valence electrons. The van der Waals surface area contributed by atoms with Gasteiger partial charge in [-0.3, -0.25) is 9.89 Å². The van der Waals surface area contributed by atoms with Gasteiger partial charge in [-0.05, 0) is 53.8 Å². The van der Waals surface area contributed by atoms with Crippen LogP contribution in [0.4, 0.5) is 19.3 Å². The number of benzene rings is 3. The number of carbonyl (C=O) groups is 1. The first-order chi connectivity index (χ1) is 14.4.